The Morgan fingerprint density at radius 1 is 1.45 bits per heavy atom. The molecule has 1 unspecified atom stereocenters. The van der Waals surface area contributed by atoms with Crippen molar-refractivity contribution in [2.24, 2.45) is 7.05 Å². The minimum Gasteiger partial charge on any atom is -0.479 e. The summed E-state index contributed by atoms with van der Waals surface area (Å²) in [5, 5.41) is 28.3. The van der Waals surface area contributed by atoms with Gasteiger partial charge in [-0.1, -0.05) is 5.21 Å². The molecule has 0 spiro atoms. The molecule has 1 atom stereocenters. The summed E-state index contributed by atoms with van der Waals surface area (Å²) < 4.78 is 1.58. The number of benzene rings is 1. The van der Waals surface area contributed by atoms with Gasteiger partial charge in [-0.3, -0.25) is 4.79 Å². The molecule has 8 heteroatoms. The maximum absolute atomic E-state index is 11.9. The number of carbonyl (C=O) groups excluding carboxylic acids is 1. The van der Waals surface area contributed by atoms with E-state index in [-0.39, 0.29) is 6.54 Å². The third-order valence-corrected chi connectivity index (χ3v) is 2.93. The third-order valence-electron chi connectivity index (χ3n) is 2.93. The van der Waals surface area contributed by atoms with Crippen LogP contribution in [0.5, 0.6) is 0 Å². The van der Waals surface area contributed by atoms with Gasteiger partial charge in [-0.25, -0.2) is 9.48 Å². The molecule has 1 aromatic carbocycles. The van der Waals surface area contributed by atoms with Gasteiger partial charge in [-0.15, -0.1) is 5.10 Å². The van der Waals surface area contributed by atoms with Crippen LogP contribution in [0.2, 0.25) is 0 Å². The second-order valence-corrected chi connectivity index (χ2v) is 4.68. The number of rotatable bonds is 4. The average Bonchev–Trinajstić information content (AvgIpc) is 2.77. The quantitative estimate of drug-likeness (QED) is 0.696. The van der Waals surface area contributed by atoms with Crippen LogP contribution in [-0.4, -0.2) is 49.2 Å². The van der Waals surface area contributed by atoms with Crippen molar-refractivity contribution in [1.82, 2.24) is 20.3 Å². The lowest BCUT2D eigenvalue weighted by Crippen LogP contribution is -2.46. The predicted molar refractivity (Wildman–Crippen MR) is 69.1 cm³/mol. The Kier molecular flexibility index (Phi) is 3.41. The van der Waals surface area contributed by atoms with Gasteiger partial charge in [0.1, 0.15) is 5.52 Å². The first kappa shape index (κ1) is 13.9. The molecule has 2 aromatic rings. The summed E-state index contributed by atoms with van der Waals surface area (Å²) in [6, 6.07) is 4.82. The zero-order valence-corrected chi connectivity index (χ0v) is 11.0. The second-order valence-electron chi connectivity index (χ2n) is 4.68. The van der Waals surface area contributed by atoms with E-state index in [9.17, 15) is 14.7 Å². The van der Waals surface area contributed by atoms with Gasteiger partial charge in [0.25, 0.3) is 5.91 Å². The molecule has 0 saturated heterocycles. The van der Waals surface area contributed by atoms with Crippen LogP contribution in [0, 0.1) is 0 Å². The number of fused-ring (bicyclic) bond motifs is 1. The molecule has 2 rings (SSSR count). The molecule has 8 nitrogen and oxygen atoms in total. The Morgan fingerprint density at radius 3 is 2.80 bits per heavy atom. The van der Waals surface area contributed by atoms with E-state index in [1.54, 1.807) is 29.9 Å². The fourth-order valence-corrected chi connectivity index (χ4v) is 1.61. The summed E-state index contributed by atoms with van der Waals surface area (Å²) in [5.41, 5.74) is -0.352. The van der Waals surface area contributed by atoms with E-state index in [1.807, 2.05) is 0 Å². The number of carboxylic acid groups (broad SMARTS) is 1. The van der Waals surface area contributed by atoms with Crippen LogP contribution in [0.25, 0.3) is 11.0 Å². The highest BCUT2D eigenvalue weighted by Crippen LogP contribution is 2.12. The van der Waals surface area contributed by atoms with Crippen LogP contribution in [-0.2, 0) is 11.8 Å². The van der Waals surface area contributed by atoms with Gasteiger partial charge in [0.15, 0.2) is 5.60 Å². The van der Waals surface area contributed by atoms with Crippen molar-refractivity contribution in [2.45, 2.75) is 12.5 Å². The number of aliphatic carboxylic acids is 1. The normalized spacial score (nSPS) is 13.9. The van der Waals surface area contributed by atoms with Crippen molar-refractivity contribution in [1.29, 1.82) is 0 Å². The summed E-state index contributed by atoms with van der Waals surface area (Å²) >= 11 is 0. The zero-order valence-electron chi connectivity index (χ0n) is 11.0. The van der Waals surface area contributed by atoms with Crippen LogP contribution >= 0.6 is 0 Å². The Balaban J connectivity index is 2.13. The third kappa shape index (κ3) is 2.59. The molecular formula is C12H14N4O4. The van der Waals surface area contributed by atoms with E-state index in [4.69, 9.17) is 5.11 Å². The van der Waals surface area contributed by atoms with E-state index < -0.39 is 17.5 Å². The summed E-state index contributed by atoms with van der Waals surface area (Å²) in [6.07, 6.45) is 0. The molecule has 1 heterocycles. The summed E-state index contributed by atoms with van der Waals surface area (Å²) in [5.74, 6) is -1.89. The number of amides is 1. The molecule has 0 radical (unpaired) electrons. The Hall–Kier alpha value is -2.48. The SMILES string of the molecule is Cn1nnc2cc(C(=O)NCC(C)(O)C(=O)O)ccc21. The van der Waals surface area contributed by atoms with Gasteiger partial charge in [-0.2, -0.15) is 0 Å². The molecule has 3 N–H and O–H groups in total. The lowest BCUT2D eigenvalue weighted by Gasteiger charge is -2.18. The van der Waals surface area contributed by atoms with Crippen LogP contribution in [0.3, 0.4) is 0 Å². The molecule has 20 heavy (non-hydrogen) atoms. The standard InChI is InChI=1S/C12H14N4O4/c1-12(20,11(18)19)6-13-10(17)7-3-4-9-8(5-7)14-15-16(9)2/h3-5,20H,6H2,1-2H3,(H,13,17)(H,18,19). The van der Waals surface area contributed by atoms with Crippen LogP contribution in [0.4, 0.5) is 0 Å². The average molecular weight is 278 g/mol. The Bertz CT molecular complexity index is 677. The molecule has 0 bridgehead atoms. The van der Waals surface area contributed by atoms with Crippen LogP contribution < -0.4 is 5.32 Å². The smallest absolute Gasteiger partial charge is 0.337 e. The molecule has 0 aliphatic carbocycles. The first-order chi connectivity index (χ1) is 9.31. The highest BCUT2D eigenvalue weighted by molar-refractivity contribution is 5.97. The molecule has 0 aliphatic rings. The van der Waals surface area contributed by atoms with Gasteiger partial charge in [0, 0.05) is 12.6 Å². The topological polar surface area (TPSA) is 117 Å². The lowest BCUT2D eigenvalue weighted by atomic mass is 10.1. The molecule has 0 aliphatic heterocycles. The molecule has 1 amide bonds. The fraction of sp³-hybridized carbons (Fsp3) is 0.333. The Morgan fingerprint density at radius 2 is 2.15 bits per heavy atom. The van der Waals surface area contributed by atoms with E-state index in [2.05, 4.69) is 15.6 Å². The number of hydrogen-bond acceptors (Lipinski definition) is 5. The fourth-order valence-electron chi connectivity index (χ4n) is 1.61. The maximum atomic E-state index is 11.9. The van der Waals surface area contributed by atoms with Gasteiger partial charge in [0.05, 0.1) is 12.1 Å². The number of aliphatic hydroxyl groups is 1. The zero-order chi connectivity index (χ0) is 14.9. The van der Waals surface area contributed by atoms with Crippen molar-refractivity contribution >= 4 is 22.9 Å². The summed E-state index contributed by atoms with van der Waals surface area (Å²) in [6.45, 7) is 0.723. The molecule has 1 aromatic heterocycles. The predicted octanol–water partition coefficient (Wildman–Crippen LogP) is -0.466. The number of carbonyl (C=O) groups is 2. The van der Waals surface area contributed by atoms with Gasteiger partial charge in [0.2, 0.25) is 0 Å². The minimum atomic E-state index is -2.01. The molecule has 0 saturated carbocycles. The number of aryl methyl sites for hydroxylation is 1. The molecule has 0 fully saturated rings. The van der Waals surface area contributed by atoms with Crippen LogP contribution in [0.1, 0.15) is 17.3 Å². The number of hydrogen-bond donors (Lipinski definition) is 3. The first-order valence-corrected chi connectivity index (χ1v) is 5.85. The first-order valence-electron chi connectivity index (χ1n) is 5.85. The summed E-state index contributed by atoms with van der Waals surface area (Å²) in [7, 11) is 1.74. The van der Waals surface area contributed by atoms with Gasteiger partial charge < -0.3 is 15.5 Å². The highest BCUT2D eigenvalue weighted by Gasteiger charge is 2.30. The van der Waals surface area contributed by atoms with E-state index in [0.29, 0.717) is 11.1 Å². The number of nitrogens with one attached hydrogen (secondary N) is 1. The second kappa shape index (κ2) is 4.89. The van der Waals surface area contributed by atoms with E-state index in [1.165, 1.54) is 0 Å². The van der Waals surface area contributed by atoms with Crippen molar-refractivity contribution in [3.05, 3.63) is 23.8 Å². The summed E-state index contributed by atoms with van der Waals surface area (Å²) in [4.78, 5) is 22.6. The Labute approximate surface area is 114 Å². The monoisotopic (exact) mass is 278 g/mol. The van der Waals surface area contributed by atoms with E-state index in [0.717, 1.165) is 12.4 Å². The minimum absolute atomic E-state index is 0.319. The molecule has 106 valence electrons. The van der Waals surface area contributed by atoms with Crippen molar-refractivity contribution < 1.29 is 19.8 Å². The van der Waals surface area contributed by atoms with Crippen LogP contribution in [0.15, 0.2) is 18.2 Å². The maximum Gasteiger partial charge on any atom is 0.337 e. The molecular weight excluding hydrogens is 264 g/mol. The lowest BCUT2D eigenvalue weighted by molar-refractivity contribution is -0.155. The highest BCUT2D eigenvalue weighted by atomic mass is 16.4. The largest absolute Gasteiger partial charge is 0.479 e. The van der Waals surface area contributed by atoms with Gasteiger partial charge in [-0.05, 0) is 25.1 Å². The van der Waals surface area contributed by atoms with Crippen molar-refractivity contribution in [3.63, 3.8) is 0 Å². The van der Waals surface area contributed by atoms with E-state index >= 15 is 0 Å². The van der Waals surface area contributed by atoms with Gasteiger partial charge >= 0.3 is 5.97 Å². The number of carboxylic acids is 1. The van der Waals surface area contributed by atoms with Crippen molar-refractivity contribution in [2.75, 3.05) is 6.54 Å². The number of nitrogens with zero attached hydrogens (tertiary/aromatic N) is 3. The number of aromatic nitrogens is 3. The van der Waals surface area contributed by atoms with Crippen molar-refractivity contribution in [3.8, 4) is 0 Å².